The molecule has 0 N–H and O–H groups in total. The van der Waals surface area contributed by atoms with Crippen molar-refractivity contribution in [3.8, 4) is 17.2 Å². The summed E-state index contributed by atoms with van der Waals surface area (Å²) >= 11 is 0. The molecule has 0 aliphatic carbocycles. The Morgan fingerprint density at radius 3 is 2.22 bits per heavy atom. The largest absolute Gasteiger partial charge is 0.496 e. The molecule has 0 fully saturated rings. The van der Waals surface area contributed by atoms with Crippen molar-refractivity contribution in [3.63, 3.8) is 0 Å². The molecule has 0 unspecified atom stereocenters. The van der Waals surface area contributed by atoms with E-state index in [1.165, 1.54) is 11.1 Å². The highest BCUT2D eigenvalue weighted by Gasteiger charge is 2.08. The monoisotopic (exact) mass is 315 g/mol. The molecule has 2 aromatic rings. The van der Waals surface area contributed by atoms with Crippen molar-refractivity contribution in [1.29, 1.82) is 0 Å². The van der Waals surface area contributed by atoms with Crippen LogP contribution in [0.15, 0.2) is 42.5 Å². The molecular weight excluding hydrogens is 290 g/mol. The second kappa shape index (κ2) is 8.44. The number of hydrogen-bond donors (Lipinski definition) is 0. The highest BCUT2D eigenvalue weighted by Crippen LogP contribution is 2.27. The van der Waals surface area contributed by atoms with Gasteiger partial charge in [-0.05, 0) is 37.2 Å². The van der Waals surface area contributed by atoms with Gasteiger partial charge in [0.25, 0.3) is 0 Å². The first-order chi connectivity index (χ1) is 11.2. The Hall–Kier alpha value is -2.20. The number of nitrogens with zero attached hydrogens (tertiary/aromatic N) is 1. The Bertz CT molecular complexity index is 628. The lowest BCUT2D eigenvalue weighted by Crippen LogP contribution is -2.21. The Labute approximate surface area is 138 Å². The van der Waals surface area contributed by atoms with Gasteiger partial charge >= 0.3 is 0 Å². The van der Waals surface area contributed by atoms with Gasteiger partial charge in [-0.15, -0.1) is 0 Å². The van der Waals surface area contributed by atoms with Crippen LogP contribution in [0.2, 0.25) is 0 Å². The molecule has 0 radical (unpaired) electrons. The third-order valence-electron chi connectivity index (χ3n) is 3.86. The van der Waals surface area contributed by atoms with Gasteiger partial charge in [0.2, 0.25) is 0 Å². The van der Waals surface area contributed by atoms with E-state index in [4.69, 9.17) is 14.2 Å². The van der Waals surface area contributed by atoms with Crippen molar-refractivity contribution in [3.05, 3.63) is 53.6 Å². The Morgan fingerprint density at radius 1 is 0.826 bits per heavy atom. The lowest BCUT2D eigenvalue weighted by atomic mass is 10.1. The molecular formula is C19H25NO3. The van der Waals surface area contributed by atoms with Crippen molar-refractivity contribution in [1.82, 2.24) is 4.90 Å². The first-order valence-electron chi connectivity index (χ1n) is 7.69. The number of rotatable bonds is 8. The summed E-state index contributed by atoms with van der Waals surface area (Å²) in [7, 11) is 7.14. The SMILES string of the molecule is COc1ccccc1CN(C)CCc1ccc(OC)c(OC)c1. The van der Waals surface area contributed by atoms with E-state index in [9.17, 15) is 0 Å². The topological polar surface area (TPSA) is 30.9 Å². The predicted octanol–water partition coefficient (Wildman–Crippen LogP) is 3.39. The first kappa shape index (κ1) is 17.2. The van der Waals surface area contributed by atoms with Crippen molar-refractivity contribution in [2.45, 2.75) is 13.0 Å². The van der Waals surface area contributed by atoms with Crippen LogP contribution >= 0.6 is 0 Å². The smallest absolute Gasteiger partial charge is 0.160 e. The summed E-state index contributed by atoms with van der Waals surface area (Å²) in [4.78, 5) is 2.29. The summed E-state index contributed by atoms with van der Waals surface area (Å²) < 4.78 is 16.0. The minimum atomic E-state index is 0.763. The standard InChI is InChI=1S/C19H25NO3/c1-20(14-16-7-5-6-8-17(16)21-2)12-11-15-9-10-18(22-3)19(13-15)23-4/h5-10,13H,11-12,14H2,1-4H3. The summed E-state index contributed by atoms with van der Waals surface area (Å²) in [5.74, 6) is 2.47. The number of ether oxygens (including phenoxy) is 3. The zero-order valence-electron chi connectivity index (χ0n) is 14.3. The molecule has 0 saturated carbocycles. The van der Waals surface area contributed by atoms with E-state index in [2.05, 4.69) is 24.1 Å². The zero-order chi connectivity index (χ0) is 16.7. The number of methoxy groups -OCH3 is 3. The number of likely N-dealkylation sites (N-methyl/N-ethyl adjacent to an activating group) is 1. The van der Waals surface area contributed by atoms with Gasteiger partial charge in [-0.2, -0.15) is 0 Å². The van der Waals surface area contributed by atoms with Crippen molar-refractivity contribution in [2.75, 3.05) is 34.9 Å². The molecule has 4 nitrogen and oxygen atoms in total. The summed E-state index contributed by atoms with van der Waals surface area (Å²) in [5, 5.41) is 0. The van der Waals surface area contributed by atoms with Gasteiger partial charge in [-0.25, -0.2) is 0 Å². The molecule has 0 bridgehead atoms. The lowest BCUT2D eigenvalue weighted by Gasteiger charge is -2.18. The Morgan fingerprint density at radius 2 is 1.52 bits per heavy atom. The van der Waals surface area contributed by atoms with Gasteiger partial charge in [0.05, 0.1) is 21.3 Å². The van der Waals surface area contributed by atoms with Crippen LogP contribution in [-0.4, -0.2) is 39.8 Å². The molecule has 0 aromatic heterocycles. The van der Waals surface area contributed by atoms with E-state index >= 15 is 0 Å². The molecule has 0 aliphatic rings. The van der Waals surface area contributed by atoms with E-state index in [0.29, 0.717) is 0 Å². The molecule has 0 heterocycles. The summed E-state index contributed by atoms with van der Waals surface area (Å²) in [5.41, 5.74) is 2.43. The van der Waals surface area contributed by atoms with Crippen LogP contribution in [0.25, 0.3) is 0 Å². The normalized spacial score (nSPS) is 10.7. The third-order valence-corrected chi connectivity index (χ3v) is 3.86. The molecule has 0 spiro atoms. The maximum Gasteiger partial charge on any atom is 0.160 e. The predicted molar refractivity (Wildman–Crippen MR) is 92.6 cm³/mol. The Balaban J connectivity index is 1.95. The maximum absolute atomic E-state index is 5.41. The highest BCUT2D eigenvalue weighted by atomic mass is 16.5. The molecule has 2 aromatic carbocycles. The summed E-state index contributed by atoms with van der Waals surface area (Å²) in [6.45, 7) is 1.81. The second-order valence-corrected chi connectivity index (χ2v) is 5.49. The first-order valence-corrected chi connectivity index (χ1v) is 7.69. The summed E-state index contributed by atoms with van der Waals surface area (Å²) in [6.07, 6.45) is 0.950. The van der Waals surface area contributed by atoms with Crippen LogP contribution in [0.3, 0.4) is 0 Å². The molecule has 124 valence electrons. The third kappa shape index (κ3) is 4.63. The number of benzene rings is 2. The minimum absolute atomic E-state index is 0.763. The highest BCUT2D eigenvalue weighted by molar-refractivity contribution is 5.43. The molecule has 0 aliphatic heterocycles. The number of hydrogen-bond acceptors (Lipinski definition) is 4. The van der Waals surface area contributed by atoms with Crippen LogP contribution in [-0.2, 0) is 13.0 Å². The second-order valence-electron chi connectivity index (χ2n) is 5.49. The van der Waals surface area contributed by atoms with Gasteiger partial charge < -0.3 is 19.1 Å². The molecule has 23 heavy (non-hydrogen) atoms. The van der Waals surface area contributed by atoms with E-state index in [-0.39, 0.29) is 0 Å². The van der Waals surface area contributed by atoms with E-state index in [0.717, 1.165) is 36.8 Å². The quantitative estimate of drug-likeness (QED) is 0.747. The van der Waals surface area contributed by atoms with Crippen LogP contribution in [0.1, 0.15) is 11.1 Å². The molecule has 0 atom stereocenters. The van der Waals surface area contributed by atoms with Crippen LogP contribution in [0.5, 0.6) is 17.2 Å². The number of para-hydroxylation sites is 1. The minimum Gasteiger partial charge on any atom is -0.496 e. The van der Waals surface area contributed by atoms with Crippen LogP contribution < -0.4 is 14.2 Å². The molecule has 0 amide bonds. The lowest BCUT2D eigenvalue weighted by molar-refractivity contribution is 0.320. The fraction of sp³-hybridized carbons (Fsp3) is 0.368. The van der Waals surface area contributed by atoms with Crippen molar-refractivity contribution >= 4 is 0 Å². The van der Waals surface area contributed by atoms with Crippen molar-refractivity contribution < 1.29 is 14.2 Å². The van der Waals surface area contributed by atoms with Crippen LogP contribution in [0, 0.1) is 0 Å². The van der Waals surface area contributed by atoms with E-state index < -0.39 is 0 Å². The molecule has 4 heteroatoms. The maximum atomic E-state index is 5.41. The van der Waals surface area contributed by atoms with E-state index in [1.54, 1.807) is 21.3 Å². The van der Waals surface area contributed by atoms with Gasteiger partial charge in [0.1, 0.15) is 5.75 Å². The average molecular weight is 315 g/mol. The Kier molecular flexibility index (Phi) is 6.29. The average Bonchev–Trinajstić information content (AvgIpc) is 2.60. The van der Waals surface area contributed by atoms with Gasteiger partial charge in [0.15, 0.2) is 11.5 Å². The van der Waals surface area contributed by atoms with Gasteiger partial charge in [-0.3, -0.25) is 0 Å². The zero-order valence-corrected chi connectivity index (χ0v) is 14.3. The van der Waals surface area contributed by atoms with E-state index in [1.807, 2.05) is 30.3 Å². The summed E-state index contributed by atoms with van der Waals surface area (Å²) in [6, 6.07) is 14.2. The fourth-order valence-electron chi connectivity index (χ4n) is 2.56. The van der Waals surface area contributed by atoms with Crippen molar-refractivity contribution in [2.24, 2.45) is 0 Å². The van der Waals surface area contributed by atoms with Gasteiger partial charge in [-0.1, -0.05) is 24.3 Å². The fourth-order valence-corrected chi connectivity index (χ4v) is 2.56. The van der Waals surface area contributed by atoms with Gasteiger partial charge in [0, 0.05) is 18.7 Å². The molecule has 2 rings (SSSR count). The van der Waals surface area contributed by atoms with Crippen LogP contribution in [0.4, 0.5) is 0 Å². The molecule has 0 saturated heterocycles.